The van der Waals surface area contributed by atoms with E-state index in [9.17, 15) is 0 Å². The lowest BCUT2D eigenvalue weighted by atomic mass is 9.91. The molecule has 0 amide bonds. The SMILES string of the molecule is CCc1ccc(C(C)N(CC)CC(C)(C)CN)cc1. The number of benzene rings is 1. The van der Waals surface area contributed by atoms with Crippen LogP contribution in [0.3, 0.4) is 0 Å². The topological polar surface area (TPSA) is 29.3 Å². The molecule has 0 saturated carbocycles. The molecule has 0 aliphatic carbocycles. The van der Waals surface area contributed by atoms with E-state index in [0.29, 0.717) is 6.04 Å². The van der Waals surface area contributed by atoms with Crippen molar-refractivity contribution in [3.8, 4) is 0 Å². The van der Waals surface area contributed by atoms with Crippen LogP contribution in [0, 0.1) is 5.41 Å². The number of aryl methyl sites for hydroxylation is 1. The molecule has 2 N–H and O–H groups in total. The molecule has 0 fully saturated rings. The second kappa shape index (κ2) is 7.06. The van der Waals surface area contributed by atoms with Gasteiger partial charge < -0.3 is 5.73 Å². The third kappa shape index (κ3) is 4.63. The fourth-order valence-corrected chi connectivity index (χ4v) is 2.38. The zero-order valence-electron chi connectivity index (χ0n) is 13.2. The maximum atomic E-state index is 5.86. The zero-order chi connectivity index (χ0) is 14.5. The molecule has 1 unspecified atom stereocenters. The van der Waals surface area contributed by atoms with Crippen LogP contribution in [0.2, 0.25) is 0 Å². The number of rotatable bonds is 7. The van der Waals surface area contributed by atoms with Gasteiger partial charge in [-0.2, -0.15) is 0 Å². The van der Waals surface area contributed by atoms with Crippen molar-refractivity contribution in [3.63, 3.8) is 0 Å². The normalized spacial score (nSPS) is 13.8. The minimum Gasteiger partial charge on any atom is -0.330 e. The molecular weight excluding hydrogens is 232 g/mol. The Labute approximate surface area is 119 Å². The monoisotopic (exact) mass is 262 g/mol. The van der Waals surface area contributed by atoms with E-state index in [4.69, 9.17) is 5.73 Å². The van der Waals surface area contributed by atoms with E-state index in [0.717, 1.165) is 26.1 Å². The van der Waals surface area contributed by atoms with Crippen LogP contribution in [0.25, 0.3) is 0 Å². The summed E-state index contributed by atoms with van der Waals surface area (Å²) in [6, 6.07) is 9.46. The Morgan fingerprint density at radius 2 is 1.74 bits per heavy atom. The van der Waals surface area contributed by atoms with Crippen molar-refractivity contribution in [2.45, 2.75) is 47.1 Å². The molecule has 1 atom stereocenters. The number of hydrogen-bond acceptors (Lipinski definition) is 2. The lowest BCUT2D eigenvalue weighted by Crippen LogP contribution is -2.39. The summed E-state index contributed by atoms with van der Waals surface area (Å²) in [5.41, 5.74) is 8.83. The van der Waals surface area contributed by atoms with E-state index in [2.05, 4.69) is 63.8 Å². The van der Waals surface area contributed by atoms with Gasteiger partial charge >= 0.3 is 0 Å². The quantitative estimate of drug-likeness (QED) is 0.813. The highest BCUT2D eigenvalue weighted by Gasteiger charge is 2.23. The number of hydrogen-bond donors (Lipinski definition) is 1. The summed E-state index contributed by atoms with van der Waals surface area (Å²) >= 11 is 0. The fourth-order valence-electron chi connectivity index (χ4n) is 2.38. The standard InChI is InChI=1S/C17H30N2/c1-6-15-8-10-16(11-9-15)14(3)19(7-2)13-17(4,5)12-18/h8-11,14H,6-7,12-13,18H2,1-5H3. The van der Waals surface area contributed by atoms with Gasteiger partial charge in [-0.25, -0.2) is 0 Å². The van der Waals surface area contributed by atoms with Gasteiger partial charge in [0.05, 0.1) is 0 Å². The maximum absolute atomic E-state index is 5.86. The molecule has 1 rings (SSSR count). The summed E-state index contributed by atoms with van der Waals surface area (Å²) in [5, 5.41) is 0. The molecule has 2 heteroatoms. The lowest BCUT2D eigenvalue weighted by Gasteiger charge is -2.35. The Kier molecular flexibility index (Phi) is 6.02. The molecule has 108 valence electrons. The summed E-state index contributed by atoms with van der Waals surface area (Å²) in [5.74, 6) is 0. The highest BCUT2D eigenvalue weighted by Crippen LogP contribution is 2.25. The molecule has 0 spiro atoms. The van der Waals surface area contributed by atoms with Crippen LogP contribution in [-0.4, -0.2) is 24.5 Å². The Bertz CT molecular complexity index is 367. The lowest BCUT2D eigenvalue weighted by molar-refractivity contribution is 0.148. The molecule has 0 aliphatic heterocycles. The van der Waals surface area contributed by atoms with Gasteiger partial charge in [0.1, 0.15) is 0 Å². The minimum atomic E-state index is 0.174. The Morgan fingerprint density at radius 3 is 2.16 bits per heavy atom. The van der Waals surface area contributed by atoms with Crippen molar-refractivity contribution in [2.75, 3.05) is 19.6 Å². The average molecular weight is 262 g/mol. The van der Waals surface area contributed by atoms with E-state index >= 15 is 0 Å². The van der Waals surface area contributed by atoms with Gasteiger partial charge in [-0.1, -0.05) is 52.0 Å². The first-order valence-corrected chi connectivity index (χ1v) is 7.46. The molecule has 1 aromatic carbocycles. The Hall–Kier alpha value is -0.860. The summed E-state index contributed by atoms with van der Waals surface area (Å²) in [4.78, 5) is 2.51. The van der Waals surface area contributed by atoms with Crippen LogP contribution in [0.15, 0.2) is 24.3 Å². The van der Waals surface area contributed by atoms with E-state index in [-0.39, 0.29) is 5.41 Å². The number of nitrogens with two attached hydrogens (primary N) is 1. The second-order valence-electron chi connectivity index (χ2n) is 6.20. The average Bonchev–Trinajstić information content (AvgIpc) is 2.44. The molecule has 0 aliphatic rings. The highest BCUT2D eigenvalue weighted by molar-refractivity contribution is 5.24. The largest absolute Gasteiger partial charge is 0.330 e. The third-order valence-corrected chi connectivity index (χ3v) is 4.01. The molecule has 0 aromatic heterocycles. The fraction of sp³-hybridized carbons (Fsp3) is 0.647. The predicted octanol–water partition coefficient (Wildman–Crippen LogP) is 3.62. The van der Waals surface area contributed by atoms with Crippen LogP contribution >= 0.6 is 0 Å². The second-order valence-corrected chi connectivity index (χ2v) is 6.20. The molecule has 19 heavy (non-hydrogen) atoms. The van der Waals surface area contributed by atoms with Crippen LogP contribution in [0.1, 0.15) is 51.8 Å². The zero-order valence-corrected chi connectivity index (χ0v) is 13.2. The maximum Gasteiger partial charge on any atom is 0.0320 e. The molecule has 2 nitrogen and oxygen atoms in total. The summed E-state index contributed by atoms with van der Waals surface area (Å²) in [7, 11) is 0. The van der Waals surface area contributed by atoms with Crippen molar-refractivity contribution in [1.82, 2.24) is 4.90 Å². The molecule has 0 saturated heterocycles. The first-order chi connectivity index (χ1) is 8.93. The smallest absolute Gasteiger partial charge is 0.0320 e. The van der Waals surface area contributed by atoms with Crippen LogP contribution in [0.4, 0.5) is 0 Å². The molecule has 0 radical (unpaired) electrons. The van der Waals surface area contributed by atoms with Crippen molar-refractivity contribution in [2.24, 2.45) is 11.1 Å². The van der Waals surface area contributed by atoms with Gasteiger partial charge in [0, 0.05) is 12.6 Å². The molecule has 1 aromatic rings. The van der Waals surface area contributed by atoms with Gasteiger partial charge in [0.25, 0.3) is 0 Å². The summed E-state index contributed by atoms with van der Waals surface area (Å²) in [6.45, 7) is 14.0. The summed E-state index contributed by atoms with van der Waals surface area (Å²) < 4.78 is 0. The van der Waals surface area contributed by atoms with Crippen LogP contribution in [0.5, 0.6) is 0 Å². The van der Waals surface area contributed by atoms with Gasteiger partial charge in [0.15, 0.2) is 0 Å². The van der Waals surface area contributed by atoms with Crippen molar-refractivity contribution in [1.29, 1.82) is 0 Å². The minimum absolute atomic E-state index is 0.174. The first-order valence-electron chi connectivity index (χ1n) is 7.46. The van der Waals surface area contributed by atoms with Crippen molar-refractivity contribution in [3.05, 3.63) is 35.4 Å². The number of nitrogens with zero attached hydrogens (tertiary/aromatic N) is 1. The van der Waals surface area contributed by atoms with Gasteiger partial charge in [-0.05, 0) is 43.0 Å². The van der Waals surface area contributed by atoms with E-state index in [1.165, 1.54) is 11.1 Å². The van der Waals surface area contributed by atoms with Crippen LogP contribution < -0.4 is 5.73 Å². The first kappa shape index (κ1) is 16.2. The van der Waals surface area contributed by atoms with Crippen molar-refractivity contribution < 1.29 is 0 Å². The van der Waals surface area contributed by atoms with Crippen LogP contribution in [-0.2, 0) is 6.42 Å². The van der Waals surface area contributed by atoms with E-state index in [1.54, 1.807) is 0 Å². The molecular formula is C17H30N2. The molecule has 0 heterocycles. The van der Waals surface area contributed by atoms with Gasteiger partial charge in [-0.3, -0.25) is 4.90 Å². The Balaban J connectivity index is 2.79. The van der Waals surface area contributed by atoms with Gasteiger partial charge in [-0.15, -0.1) is 0 Å². The van der Waals surface area contributed by atoms with E-state index < -0.39 is 0 Å². The van der Waals surface area contributed by atoms with Crippen molar-refractivity contribution >= 4 is 0 Å². The van der Waals surface area contributed by atoms with E-state index in [1.807, 2.05) is 0 Å². The highest BCUT2D eigenvalue weighted by atomic mass is 15.2. The van der Waals surface area contributed by atoms with Gasteiger partial charge in [0.2, 0.25) is 0 Å². The Morgan fingerprint density at radius 1 is 1.16 bits per heavy atom. The predicted molar refractivity (Wildman–Crippen MR) is 84.3 cm³/mol. The third-order valence-electron chi connectivity index (χ3n) is 4.01. The molecule has 0 bridgehead atoms. The summed E-state index contributed by atoms with van der Waals surface area (Å²) in [6.07, 6.45) is 1.10.